The number of carbonyl (C=O) groups is 3. The predicted molar refractivity (Wildman–Crippen MR) is 146 cm³/mol. The van der Waals surface area contributed by atoms with Crippen molar-refractivity contribution in [2.24, 2.45) is 11.8 Å². The van der Waals surface area contributed by atoms with E-state index in [2.05, 4.69) is 29.4 Å². The zero-order chi connectivity index (χ0) is 27.6. The molecule has 1 aromatic carbocycles. The van der Waals surface area contributed by atoms with Crippen LogP contribution in [0.4, 0.5) is 0 Å². The molecule has 3 aliphatic rings. The second-order valence-corrected chi connectivity index (χ2v) is 11.8. The van der Waals surface area contributed by atoms with Gasteiger partial charge in [-0.3, -0.25) is 14.4 Å². The molecule has 2 unspecified atom stereocenters. The van der Waals surface area contributed by atoms with E-state index in [9.17, 15) is 19.5 Å². The van der Waals surface area contributed by atoms with Gasteiger partial charge in [0, 0.05) is 17.4 Å². The van der Waals surface area contributed by atoms with E-state index in [1.807, 2.05) is 37.3 Å². The molecule has 208 valence electrons. The Balaban J connectivity index is 1.81. The number of rotatable bonds is 12. The van der Waals surface area contributed by atoms with E-state index < -0.39 is 41.6 Å². The number of halogens is 1. The number of aliphatic hydroxyl groups excluding tert-OH is 1. The van der Waals surface area contributed by atoms with Crippen molar-refractivity contribution in [1.29, 1.82) is 0 Å². The number of aliphatic hydroxyl groups is 1. The number of nitrogens with zero attached hydrogens (tertiary/aromatic N) is 2. The topological polar surface area (TPSA) is 96.4 Å². The van der Waals surface area contributed by atoms with Crippen LogP contribution in [0.2, 0.25) is 0 Å². The minimum absolute atomic E-state index is 0.0844. The third-order valence-corrected chi connectivity index (χ3v) is 9.13. The summed E-state index contributed by atoms with van der Waals surface area (Å²) < 4.78 is 11.9. The second kappa shape index (κ2) is 11.9. The minimum Gasteiger partial charge on any atom is -0.466 e. The quantitative estimate of drug-likeness (QED) is 0.228. The molecule has 8 nitrogen and oxygen atoms in total. The van der Waals surface area contributed by atoms with Crippen LogP contribution in [0.25, 0.3) is 0 Å². The van der Waals surface area contributed by atoms with Crippen molar-refractivity contribution in [2.45, 2.75) is 81.1 Å². The average molecular weight is 592 g/mol. The van der Waals surface area contributed by atoms with E-state index in [1.54, 1.807) is 17.9 Å². The van der Waals surface area contributed by atoms with Gasteiger partial charge in [0.05, 0.1) is 37.2 Å². The Kier molecular flexibility index (Phi) is 9.00. The standard InChI is InChI=1S/C29H39BrN2O6/c1-5-11-18(4)31(14-6-2)27(35)25-29-16-21(30)24(38-29)22(28(36)37-7-3)23(29)26(34)32(25)20(17-33)15-19-12-9-8-10-13-19/h6,8-10,12-13,18,20-25,33H,2,5,7,11,14-17H2,1,3-4H3/t18?,20-,21?,22-,23+,24-,25-,29+/m1/s1. The molecule has 1 aromatic rings. The van der Waals surface area contributed by atoms with Gasteiger partial charge in [0.2, 0.25) is 11.8 Å². The largest absolute Gasteiger partial charge is 0.466 e. The third-order valence-electron chi connectivity index (χ3n) is 8.29. The summed E-state index contributed by atoms with van der Waals surface area (Å²) in [6, 6.07) is 7.85. The van der Waals surface area contributed by atoms with Crippen LogP contribution in [-0.2, 0) is 30.3 Å². The van der Waals surface area contributed by atoms with Crippen molar-refractivity contribution >= 4 is 33.7 Å². The van der Waals surface area contributed by atoms with Crippen LogP contribution in [0.1, 0.15) is 45.6 Å². The lowest BCUT2D eigenvalue weighted by molar-refractivity contribution is -0.156. The summed E-state index contributed by atoms with van der Waals surface area (Å²) in [4.78, 5) is 45.0. The van der Waals surface area contributed by atoms with Gasteiger partial charge in [-0.05, 0) is 38.7 Å². The minimum atomic E-state index is -1.19. The molecule has 4 rings (SSSR count). The second-order valence-electron chi connectivity index (χ2n) is 10.6. The molecule has 1 spiro atoms. The van der Waals surface area contributed by atoms with Crippen LogP contribution in [0.15, 0.2) is 43.0 Å². The molecule has 1 N–H and O–H groups in total. The molecule has 3 aliphatic heterocycles. The molecule has 2 bridgehead atoms. The number of carbonyl (C=O) groups excluding carboxylic acids is 3. The van der Waals surface area contributed by atoms with E-state index >= 15 is 0 Å². The number of alkyl halides is 1. The number of hydrogen-bond acceptors (Lipinski definition) is 6. The van der Waals surface area contributed by atoms with Gasteiger partial charge in [-0.25, -0.2) is 0 Å². The molecule has 0 aromatic heterocycles. The fourth-order valence-corrected chi connectivity index (χ4v) is 7.68. The third kappa shape index (κ3) is 4.82. The van der Waals surface area contributed by atoms with E-state index in [4.69, 9.17) is 9.47 Å². The molecule has 2 amide bonds. The van der Waals surface area contributed by atoms with Gasteiger partial charge in [0.25, 0.3) is 0 Å². The Labute approximate surface area is 233 Å². The van der Waals surface area contributed by atoms with E-state index in [-0.39, 0.29) is 35.9 Å². The van der Waals surface area contributed by atoms with Gasteiger partial charge in [-0.1, -0.05) is 65.7 Å². The summed E-state index contributed by atoms with van der Waals surface area (Å²) in [5, 5.41) is 10.6. The Morgan fingerprint density at radius 1 is 1.34 bits per heavy atom. The van der Waals surface area contributed by atoms with Gasteiger partial charge in [-0.15, -0.1) is 6.58 Å². The first-order chi connectivity index (χ1) is 18.2. The van der Waals surface area contributed by atoms with Crippen molar-refractivity contribution in [3.05, 3.63) is 48.6 Å². The average Bonchev–Trinajstić information content (AvgIpc) is 3.49. The van der Waals surface area contributed by atoms with Crippen molar-refractivity contribution in [2.75, 3.05) is 19.8 Å². The lowest BCUT2D eigenvalue weighted by Crippen LogP contribution is -2.60. The van der Waals surface area contributed by atoms with Gasteiger partial charge < -0.3 is 24.4 Å². The smallest absolute Gasteiger partial charge is 0.312 e. The molecule has 0 aliphatic carbocycles. The summed E-state index contributed by atoms with van der Waals surface area (Å²) >= 11 is 3.68. The van der Waals surface area contributed by atoms with Crippen molar-refractivity contribution in [3.63, 3.8) is 0 Å². The van der Waals surface area contributed by atoms with Crippen LogP contribution >= 0.6 is 15.9 Å². The Morgan fingerprint density at radius 3 is 2.66 bits per heavy atom. The fraction of sp³-hybridized carbons (Fsp3) is 0.621. The molecular weight excluding hydrogens is 552 g/mol. The Morgan fingerprint density at radius 2 is 2.05 bits per heavy atom. The van der Waals surface area contributed by atoms with Crippen LogP contribution in [0, 0.1) is 11.8 Å². The maximum absolute atomic E-state index is 14.5. The summed E-state index contributed by atoms with van der Waals surface area (Å²) in [7, 11) is 0. The van der Waals surface area contributed by atoms with Crippen LogP contribution in [0.3, 0.4) is 0 Å². The van der Waals surface area contributed by atoms with Gasteiger partial charge in [0.1, 0.15) is 11.6 Å². The maximum atomic E-state index is 14.5. The maximum Gasteiger partial charge on any atom is 0.312 e. The number of likely N-dealkylation sites (tertiary alicyclic amines) is 1. The molecule has 0 saturated carbocycles. The number of esters is 1. The zero-order valence-electron chi connectivity index (χ0n) is 22.4. The summed E-state index contributed by atoms with van der Waals surface area (Å²) in [5.74, 6) is -2.73. The lowest BCUT2D eigenvalue weighted by atomic mass is 9.70. The summed E-state index contributed by atoms with van der Waals surface area (Å²) in [6.07, 6.45) is 3.58. The zero-order valence-corrected chi connectivity index (χ0v) is 24.0. The van der Waals surface area contributed by atoms with Crippen LogP contribution in [0.5, 0.6) is 0 Å². The highest BCUT2D eigenvalue weighted by molar-refractivity contribution is 9.09. The van der Waals surface area contributed by atoms with Gasteiger partial charge in [0.15, 0.2) is 0 Å². The lowest BCUT2D eigenvalue weighted by Gasteiger charge is -2.41. The summed E-state index contributed by atoms with van der Waals surface area (Å²) in [6.45, 7) is 9.83. The number of fused-ring (bicyclic) bond motifs is 1. The van der Waals surface area contributed by atoms with Crippen molar-refractivity contribution in [3.8, 4) is 0 Å². The monoisotopic (exact) mass is 590 g/mol. The van der Waals surface area contributed by atoms with Crippen LogP contribution < -0.4 is 0 Å². The molecule has 9 heteroatoms. The Bertz CT molecular complexity index is 1040. The molecule has 3 heterocycles. The predicted octanol–water partition coefficient (Wildman–Crippen LogP) is 3.10. The van der Waals surface area contributed by atoms with Gasteiger partial charge in [-0.2, -0.15) is 0 Å². The number of benzene rings is 1. The molecular formula is C29H39BrN2O6. The Hall–Kier alpha value is -2.23. The van der Waals surface area contributed by atoms with E-state index in [0.29, 0.717) is 19.4 Å². The van der Waals surface area contributed by atoms with Crippen LogP contribution in [-0.4, -0.2) is 87.1 Å². The van der Waals surface area contributed by atoms with Crippen molar-refractivity contribution < 1.29 is 29.0 Å². The number of amides is 2. The van der Waals surface area contributed by atoms with Crippen molar-refractivity contribution in [1.82, 2.24) is 9.80 Å². The summed E-state index contributed by atoms with van der Waals surface area (Å²) in [5.41, 5.74) is -0.257. The molecule has 38 heavy (non-hydrogen) atoms. The number of ether oxygens (including phenoxy) is 2. The van der Waals surface area contributed by atoms with E-state index in [0.717, 1.165) is 18.4 Å². The number of hydrogen-bond donors (Lipinski definition) is 1. The SMILES string of the molecule is C=CCN(C(=O)[C@H]1N([C@@H](CO)Cc2ccccc2)C(=O)[C@@H]2[C@@H](C(=O)OCC)[C@@H]3O[C@@]21CC3Br)C(C)CCC. The fourth-order valence-electron chi connectivity index (χ4n) is 6.74. The first-order valence-electron chi connectivity index (χ1n) is 13.6. The molecule has 0 radical (unpaired) electrons. The molecule has 3 fully saturated rings. The molecule has 3 saturated heterocycles. The normalized spacial score (nSPS) is 31.1. The highest BCUT2D eigenvalue weighted by Crippen LogP contribution is 2.60. The van der Waals surface area contributed by atoms with E-state index in [1.165, 1.54) is 4.90 Å². The molecule has 8 atom stereocenters. The first kappa shape index (κ1) is 28.8. The highest BCUT2D eigenvalue weighted by atomic mass is 79.9. The van der Waals surface area contributed by atoms with Gasteiger partial charge >= 0.3 is 5.97 Å². The highest BCUT2D eigenvalue weighted by Gasteiger charge is 2.77. The first-order valence-corrected chi connectivity index (χ1v) is 14.5.